The van der Waals surface area contributed by atoms with Crippen molar-refractivity contribution in [2.45, 2.75) is 19.9 Å². The van der Waals surface area contributed by atoms with E-state index in [1.807, 2.05) is 19.1 Å². The number of nitrogens with one attached hydrogen (secondary N) is 1. The van der Waals surface area contributed by atoms with Crippen LogP contribution in [0, 0.1) is 6.92 Å². The molecule has 0 atom stereocenters. The molecule has 3 aromatic rings. The van der Waals surface area contributed by atoms with Crippen molar-refractivity contribution in [1.82, 2.24) is 9.55 Å². The maximum absolute atomic E-state index is 12.5. The highest BCUT2D eigenvalue weighted by Gasteiger charge is 2.10. The van der Waals surface area contributed by atoms with Crippen LogP contribution in [0.5, 0.6) is 0 Å². The Morgan fingerprint density at radius 3 is 2.65 bits per heavy atom. The number of halogens is 2. The molecule has 3 rings (SSSR count). The van der Waals surface area contributed by atoms with Gasteiger partial charge in [-0.25, -0.2) is 4.98 Å². The van der Waals surface area contributed by atoms with Crippen LogP contribution >= 0.6 is 23.2 Å². The normalized spacial score (nSPS) is 10.9. The van der Waals surface area contributed by atoms with Crippen molar-refractivity contribution in [3.63, 3.8) is 0 Å². The summed E-state index contributed by atoms with van der Waals surface area (Å²) in [5.41, 5.74) is 7.80. The number of carbonyl (C=O) groups excluding carboxylic acids is 1. The number of hydrogen-bond donors (Lipinski definition) is 2. The average molecular weight is 391 g/mol. The number of benzene rings is 2. The van der Waals surface area contributed by atoms with Crippen molar-refractivity contribution in [1.29, 1.82) is 0 Å². The van der Waals surface area contributed by atoms with Gasteiger partial charge in [0.25, 0.3) is 5.56 Å². The lowest BCUT2D eigenvalue weighted by Gasteiger charge is -2.10. The molecule has 1 amide bonds. The average Bonchev–Trinajstić information content (AvgIpc) is 2.59. The molecule has 0 aliphatic rings. The first-order valence-electron chi connectivity index (χ1n) is 7.86. The lowest BCUT2D eigenvalue weighted by atomic mass is 10.1. The number of nitrogen functional groups attached to an aromatic ring is 1. The molecule has 1 heterocycles. The molecule has 1 aromatic heterocycles. The van der Waals surface area contributed by atoms with Gasteiger partial charge in [-0.2, -0.15) is 0 Å². The summed E-state index contributed by atoms with van der Waals surface area (Å²) in [5, 5.41) is 3.74. The third kappa shape index (κ3) is 3.66. The molecular formula is C18H16Cl2N4O2. The van der Waals surface area contributed by atoms with Gasteiger partial charge in [0.1, 0.15) is 0 Å². The molecule has 2 aromatic carbocycles. The van der Waals surface area contributed by atoms with Crippen molar-refractivity contribution < 1.29 is 4.79 Å². The van der Waals surface area contributed by atoms with Gasteiger partial charge in [-0.15, -0.1) is 0 Å². The van der Waals surface area contributed by atoms with E-state index in [0.717, 1.165) is 5.56 Å². The SMILES string of the molecule is Cc1cccc2c(=O)n(CCC(=O)Nc3cc(Cl)c(N)c(Cl)c3)cnc12. The monoisotopic (exact) mass is 390 g/mol. The maximum Gasteiger partial charge on any atom is 0.261 e. The van der Waals surface area contributed by atoms with Crippen LogP contribution in [-0.4, -0.2) is 15.5 Å². The molecule has 3 N–H and O–H groups in total. The van der Waals surface area contributed by atoms with Gasteiger partial charge in [0, 0.05) is 18.7 Å². The number of amides is 1. The molecule has 0 aliphatic heterocycles. The van der Waals surface area contributed by atoms with Crippen LogP contribution in [0.4, 0.5) is 11.4 Å². The quantitative estimate of drug-likeness (QED) is 0.665. The molecule has 0 saturated carbocycles. The van der Waals surface area contributed by atoms with Gasteiger partial charge >= 0.3 is 0 Å². The largest absolute Gasteiger partial charge is 0.396 e. The number of nitrogens with two attached hydrogens (primary N) is 1. The second kappa shape index (κ2) is 7.35. The van der Waals surface area contributed by atoms with Gasteiger partial charge in [-0.3, -0.25) is 14.2 Å². The van der Waals surface area contributed by atoms with Crippen LogP contribution in [-0.2, 0) is 11.3 Å². The second-order valence-corrected chi connectivity index (χ2v) is 6.68. The van der Waals surface area contributed by atoms with Crippen molar-refractivity contribution in [2.24, 2.45) is 0 Å². The van der Waals surface area contributed by atoms with E-state index in [1.54, 1.807) is 6.07 Å². The Hall–Kier alpha value is -2.57. The Bertz CT molecular complexity index is 1040. The van der Waals surface area contributed by atoms with E-state index in [2.05, 4.69) is 10.3 Å². The predicted molar refractivity (Wildman–Crippen MR) is 105 cm³/mol. The first-order chi connectivity index (χ1) is 12.4. The summed E-state index contributed by atoms with van der Waals surface area (Å²) < 4.78 is 1.42. The number of rotatable bonds is 4. The van der Waals surface area contributed by atoms with Crippen LogP contribution in [0.15, 0.2) is 41.5 Å². The van der Waals surface area contributed by atoms with Crippen molar-refractivity contribution >= 4 is 51.4 Å². The highest BCUT2D eigenvalue weighted by molar-refractivity contribution is 6.39. The number of carbonyl (C=O) groups is 1. The van der Waals surface area contributed by atoms with E-state index in [-0.39, 0.29) is 40.2 Å². The first-order valence-corrected chi connectivity index (χ1v) is 8.61. The Morgan fingerprint density at radius 2 is 1.96 bits per heavy atom. The molecular weight excluding hydrogens is 375 g/mol. The fourth-order valence-electron chi connectivity index (χ4n) is 2.60. The van der Waals surface area contributed by atoms with E-state index in [1.165, 1.54) is 23.0 Å². The molecule has 0 spiro atoms. The van der Waals surface area contributed by atoms with Crippen molar-refractivity contribution in [3.8, 4) is 0 Å². The Morgan fingerprint density at radius 1 is 1.27 bits per heavy atom. The minimum absolute atomic E-state index is 0.0958. The van der Waals surface area contributed by atoms with Crippen molar-refractivity contribution in [2.75, 3.05) is 11.1 Å². The van der Waals surface area contributed by atoms with E-state index in [0.29, 0.717) is 16.6 Å². The number of nitrogens with zero attached hydrogens (tertiary/aromatic N) is 2. The predicted octanol–water partition coefficient (Wildman–Crippen LogP) is 3.62. The summed E-state index contributed by atoms with van der Waals surface area (Å²) >= 11 is 11.9. The van der Waals surface area contributed by atoms with E-state index < -0.39 is 0 Å². The Kier molecular flexibility index (Phi) is 5.15. The zero-order valence-corrected chi connectivity index (χ0v) is 15.4. The minimum atomic E-state index is -0.279. The third-order valence-corrected chi connectivity index (χ3v) is 4.62. The number of aromatic nitrogens is 2. The van der Waals surface area contributed by atoms with Gasteiger partial charge in [-0.05, 0) is 30.7 Å². The lowest BCUT2D eigenvalue weighted by molar-refractivity contribution is -0.116. The van der Waals surface area contributed by atoms with E-state index in [4.69, 9.17) is 28.9 Å². The highest BCUT2D eigenvalue weighted by Crippen LogP contribution is 2.31. The minimum Gasteiger partial charge on any atom is -0.396 e. The number of para-hydroxylation sites is 1. The lowest BCUT2D eigenvalue weighted by Crippen LogP contribution is -2.23. The first kappa shape index (κ1) is 18.2. The van der Waals surface area contributed by atoms with Gasteiger partial charge < -0.3 is 11.1 Å². The van der Waals surface area contributed by atoms with Crippen LogP contribution in [0.3, 0.4) is 0 Å². The van der Waals surface area contributed by atoms with Gasteiger partial charge in [0.05, 0.1) is 33.0 Å². The number of aryl methyl sites for hydroxylation is 2. The standard InChI is InChI=1S/C18H16Cl2N4O2/c1-10-3-2-4-12-17(10)22-9-24(18(12)26)6-5-15(25)23-11-7-13(19)16(21)14(20)8-11/h2-4,7-9H,5-6,21H2,1H3,(H,23,25). The summed E-state index contributed by atoms with van der Waals surface area (Å²) in [6, 6.07) is 8.48. The van der Waals surface area contributed by atoms with Crippen molar-refractivity contribution in [3.05, 3.63) is 62.6 Å². The summed E-state index contributed by atoms with van der Waals surface area (Å²) in [7, 11) is 0. The van der Waals surface area contributed by atoms with Gasteiger partial charge in [-0.1, -0.05) is 35.3 Å². The number of hydrogen-bond acceptors (Lipinski definition) is 4. The molecule has 6 nitrogen and oxygen atoms in total. The zero-order valence-electron chi connectivity index (χ0n) is 13.9. The van der Waals surface area contributed by atoms with Crippen LogP contribution in [0.1, 0.15) is 12.0 Å². The summed E-state index contributed by atoms with van der Waals surface area (Å²) in [5.74, 6) is -0.279. The van der Waals surface area contributed by atoms with Crippen LogP contribution < -0.4 is 16.6 Å². The van der Waals surface area contributed by atoms with Crippen LogP contribution in [0.2, 0.25) is 10.0 Å². The number of fused-ring (bicyclic) bond motifs is 1. The fraction of sp³-hybridized carbons (Fsp3) is 0.167. The fourth-order valence-corrected chi connectivity index (χ4v) is 3.09. The molecule has 0 bridgehead atoms. The smallest absolute Gasteiger partial charge is 0.261 e. The topological polar surface area (TPSA) is 90.0 Å². The van der Waals surface area contributed by atoms with Crippen LogP contribution in [0.25, 0.3) is 10.9 Å². The molecule has 134 valence electrons. The van der Waals surface area contributed by atoms with E-state index >= 15 is 0 Å². The Balaban J connectivity index is 1.73. The van der Waals surface area contributed by atoms with Gasteiger partial charge in [0.15, 0.2) is 0 Å². The molecule has 0 unspecified atom stereocenters. The summed E-state index contributed by atoms with van der Waals surface area (Å²) in [4.78, 5) is 29.0. The van der Waals surface area contributed by atoms with E-state index in [9.17, 15) is 9.59 Å². The second-order valence-electron chi connectivity index (χ2n) is 5.87. The highest BCUT2D eigenvalue weighted by atomic mass is 35.5. The summed E-state index contributed by atoms with van der Waals surface area (Å²) in [6.45, 7) is 2.10. The van der Waals surface area contributed by atoms with Gasteiger partial charge in [0.2, 0.25) is 5.91 Å². The maximum atomic E-state index is 12.5. The molecule has 0 saturated heterocycles. The molecule has 26 heavy (non-hydrogen) atoms. The summed E-state index contributed by atoms with van der Waals surface area (Å²) in [6.07, 6.45) is 1.56. The molecule has 0 radical (unpaired) electrons. The number of anilines is 2. The molecule has 0 fully saturated rings. The Labute approximate surface area is 159 Å². The molecule has 0 aliphatic carbocycles. The zero-order chi connectivity index (χ0) is 18.8. The third-order valence-electron chi connectivity index (χ3n) is 4.00. The molecule has 8 heteroatoms.